The summed E-state index contributed by atoms with van der Waals surface area (Å²) in [5.41, 5.74) is 8.96. The Morgan fingerprint density at radius 3 is 1.85 bits per heavy atom. The van der Waals surface area contributed by atoms with Gasteiger partial charge < -0.3 is 9.40 Å². The van der Waals surface area contributed by atoms with Crippen LogP contribution in [0.3, 0.4) is 0 Å². The van der Waals surface area contributed by atoms with Gasteiger partial charge in [0.2, 0.25) is 0 Å². The fraction of sp³-hybridized carbons (Fsp3) is 0.136. The Labute approximate surface area is 321 Å². The second kappa shape index (κ2) is 15.4. The van der Waals surface area contributed by atoms with E-state index in [4.69, 9.17) is 4.42 Å². The molecule has 0 aliphatic heterocycles. The number of benzene rings is 5. The summed E-state index contributed by atoms with van der Waals surface area (Å²) in [5, 5.41) is 13.1. The van der Waals surface area contributed by atoms with Gasteiger partial charge in [-0.2, -0.15) is 10.2 Å². The summed E-state index contributed by atoms with van der Waals surface area (Å²) >= 11 is 0. The van der Waals surface area contributed by atoms with E-state index in [0.717, 1.165) is 49.9 Å². The summed E-state index contributed by atoms with van der Waals surface area (Å²) in [6.45, 7) is 14.1. The molecular formula is C44H40IrN4OSi2-2. The number of rotatable bonds is 6. The molecule has 0 atom stereocenters. The normalized spacial score (nSPS) is 11.5. The molecule has 3 aromatic heterocycles. The molecule has 52 heavy (non-hydrogen) atoms. The van der Waals surface area contributed by atoms with Crippen molar-refractivity contribution in [1.29, 1.82) is 0 Å². The van der Waals surface area contributed by atoms with Crippen LogP contribution in [0.4, 0.5) is 0 Å². The van der Waals surface area contributed by atoms with Crippen LogP contribution in [0.15, 0.2) is 138 Å². The maximum absolute atomic E-state index is 6.45. The van der Waals surface area contributed by atoms with E-state index in [1.807, 2.05) is 42.6 Å². The zero-order valence-electron chi connectivity index (χ0n) is 30.2. The molecule has 0 aliphatic carbocycles. The van der Waals surface area contributed by atoms with Gasteiger partial charge in [0.25, 0.3) is 0 Å². The molecule has 0 aliphatic rings. The number of pyridine rings is 1. The fourth-order valence-corrected chi connectivity index (χ4v) is 8.28. The zero-order chi connectivity index (χ0) is 35.6. The molecule has 0 unspecified atom stereocenters. The van der Waals surface area contributed by atoms with E-state index >= 15 is 0 Å². The van der Waals surface area contributed by atoms with E-state index in [0.29, 0.717) is 5.82 Å². The third kappa shape index (κ3) is 7.96. The minimum Gasteiger partial charge on any atom is -0.500 e. The summed E-state index contributed by atoms with van der Waals surface area (Å²) in [7, 11) is -2.53. The van der Waals surface area contributed by atoms with E-state index in [1.165, 1.54) is 21.5 Å². The smallest absolute Gasteiger partial charge is 0.128 e. The van der Waals surface area contributed by atoms with Gasteiger partial charge in [0, 0.05) is 43.4 Å². The van der Waals surface area contributed by atoms with Crippen LogP contribution in [-0.2, 0) is 20.1 Å². The second-order valence-corrected chi connectivity index (χ2v) is 24.9. The predicted octanol–water partition coefficient (Wildman–Crippen LogP) is 10.2. The molecule has 5 aromatic carbocycles. The Kier molecular flexibility index (Phi) is 10.9. The summed E-state index contributed by atoms with van der Waals surface area (Å²) < 4.78 is 6.45. The average Bonchev–Trinajstić information content (AvgIpc) is 3.55. The fourth-order valence-electron chi connectivity index (χ4n) is 6.07. The van der Waals surface area contributed by atoms with E-state index in [2.05, 4.69) is 150 Å². The maximum Gasteiger partial charge on any atom is 0.128 e. The molecule has 0 N–H and O–H groups in total. The Morgan fingerprint density at radius 1 is 0.558 bits per heavy atom. The Hall–Kier alpha value is -4.86. The van der Waals surface area contributed by atoms with Crippen LogP contribution < -0.4 is 10.4 Å². The van der Waals surface area contributed by atoms with Crippen molar-refractivity contribution in [1.82, 2.24) is 20.2 Å². The van der Waals surface area contributed by atoms with Crippen LogP contribution >= 0.6 is 0 Å². The molecule has 3 heterocycles. The van der Waals surface area contributed by atoms with Crippen molar-refractivity contribution in [2.24, 2.45) is 0 Å². The monoisotopic (exact) mass is 889 g/mol. The van der Waals surface area contributed by atoms with Crippen LogP contribution in [0.2, 0.25) is 39.3 Å². The number of nitrogens with zero attached hydrogens (tertiary/aromatic N) is 4. The summed E-state index contributed by atoms with van der Waals surface area (Å²) in [5.74, 6) is 0.503. The van der Waals surface area contributed by atoms with Crippen molar-refractivity contribution >= 4 is 48.5 Å². The molecular weight excluding hydrogens is 849 g/mol. The molecule has 261 valence electrons. The van der Waals surface area contributed by atoms with Crippen LogP contribution in [0.5, 0.6) is 0 Å². The Bertz CT molecular complexity index is 2400. The second-order valence-electron chi connectivity index (χ2n) is 14.7. The van der Waals surface area contributed by atoms with Crippen molar-refractivity contribution in [3.63, 3.8) is 0 Å². The molecule has 8 heteroatoms. The first-order valence-corrected chi connectivity index (χ1v) is 24.2. The van der Waals surface area contributed by atoms with Gasteiger partial charge in [-0.25, -0.2) is 0 Å². The number of para-hydroxylation sites is 1. The van der Waals surface area contributed by atoms with Gasteiger partial charge in [-0.05, 0) is 27.6 Å². The summed E-state index contributed by atoms with van der Waals surface area (Å²) in [4.78, 5) is 8.86. The van der Waals surface area contributed by atoms with E-state index < -0.39 is 16.1 Å². The summed E-state index contributed by atoms with van der Waals surface area (Å²) in [6, 6.07) is 46.6. The quantitative estimate of drug-likeness (QED) is 0.123. The SMILES string of the molecule is C[Si](C)(C)c1ccc(-c2[c-]cccc2)nc1.C[Si](C)(C)c1ccc(-c2ccc(-c3cccc4c3oc3c(-c5nccnn5)[c-]ccc34)cc2)cc1.[Ir]. The zero-order valence-corrected chi connectivity index (χ0v) is 34.6. The number of hydrogen-bond donors (Lipinski definition) is 0. The van der Waals surface area contributed by atoms with Crippen LogP contribution in [0.25, 0.3) is 66.8 Å². The van der Waals surface area contributed by atoms with Crippen LogP contribution in [0.1, 0.15) is 0 Å². The first-order valence-electron chi connectivity index (χ1n) is 17.2. The van der Waals surface area contributed by atoms with E-state index in [1.54, 1.807) is 12.4 Å². The van der Waals surface area contributed by atoms with Gasteiger partial charge in [0.1, 0.15) is 11.4 Å². The number of aromatic nitrogens is 4. The van der Waals surface area contributed by atoms with Crippen molar-refractivity contribution in [2.75, 3.05) is 0 Å². The minimum absolute atomic E-state index is 0. The van der Waals surface area contributed by atoms with Gasteiger partial charge in [0.05, 0.1) is 27.9 Å². The molecule has 0 amide bonds. The third-order valence-electron chi connectivity index (χ3n) is 9.06. The van der Waals surface area contributed by atoms with Crippen molar-refractivity contribution < 1.29 is 24.5 Å². The standard InChI is InChI=1S/C30H24N3OSi.C14H16NSi.Ir/c1-35(2,3)23-16-14-21(15-17-23)20-10-12-22(13-11-20)24-6-4-7-25-26-8-5-9-27(29(26)34-28(24)25)30-31-18-19-32-33-30;1-16(2,3)13-9-10-14(15-11-13)12-7-5-4-6-8-12;/h4-8,10-19H,1-3H3;4-7,9-11H,1-3H3;/q2*-1;. The third-order valence-corrected chi connectivity index (χ3v) is 13.2. The first-order chi connectivity index (χ1) is 24.6. The van der Waals surface area contributed by atoms with Crippen LogP contribution in [-0.4, -0.2) is 36.3 Å². The number of fused-ring (bicyclic) bond motifs is 3. The Morgan fingerprint density at radius 2 is 1.23 bits per heavy atom. The molecule has 0 saturated carbocycles. The van der Waals surface area contributed by atoms with Gasteiger partial charge in [-0.3, -0.25) is 4.98 Å². The van der Waals surface area contributed by atoms with E-state index in [9.17, 15) is 0 Å². The average molecular weight is 889 g/mol. The number of furan rings is 1. The minimum atomic E-state index is -1.30. The Balaban J connectivity index is 0.000000230. The molecule has 8 rings (SSSR count). The molecule has 5 nitrogen and oxygen atoms in total. The maximum atomic E-state index is 6.45. The molecule has 0 fully saturated rings. The molecule has 0 saturated heterocycles. The van der Waals surface area contributed by atoms with Crippen molar-refractivity contribution in [2.45, 2.75) is 39.3 Å². The summed E-state index contributed by atoms with van der Waals surface area (Å²) in [6.07, 6.45) is 5.20. The van der Waals surface area contributed by atoms with Gasteiger partial charge >= 0.3 is 0 Å². The molecule has 0 spiro atoms. The topological polar surface area (TPSA) is 64.7 Å². The van der Waals surface area contributed by atoms with Crippen molar-refractivity contribution in [3.8, 4) is 44.9 Å². The first kappa shape index (κ1) is 36.9. The number of hydrogen-bond acceptors (Lipinski definition) is 5. The van der Waals surface area contributed by atoms with Gasteiger partial charge in [0.15, 0.2) is 0 Å². The van der Waals surface area contributed by atoms with Gasteiger partial charge in [-0.15, -0.1) is 54.1 Å². The molecule has 1 radical (unpaired) electrons. The van der Waals surface area contributed by atoms with Gasteiger partial charge in [-0.1, -0.05) is 134 Å². The predicted molar refractivity (Wildman–Crippen MR) is 217 cm³/mol. The largest absolute Gasteiger partial charge is 0.500 e. The van der Waals surface area contributed by atoms with E-state index in [-0.39, 0.29) is 20.1 Å². The molecule has 0 bridgehead atoms. The molecule has 8 aromatic rings. The van der Waals surface area contributed by atoms with Crippen LogP contribution in [0, 0.1) is 12.1 Å². The van der Waals surface area contributed by atoms with Crippen molar-refractivity contribution in [3.05, 3.63) is 146 Å².